The third kappa shape index (κ3) is 6.03. The molecule has 8 rings (SSSR count). The largest absolute Gasteiger partial charge is 0.507 e. The predicted molar refractivity (Wildman–Crippen MR) is 200 cm³/mol. The van der Waals surface area contributed by atoms with Crippen LogP contribution in [-0.2, 0) is 26.5 Å². The molecule has 0 atom stereocenters. The summed E-state index contributed by atoms with van der Waals surface area (Å²) in [5, 5.41) is 12.3. The molecule has 248 valence electrons. The van der Waals surface area contributed by atoms with Gasteiger partial charge in [0.1, 0.15) is 11.6 Å². The Morgan fingerprint density at radius 1 is 0.660 bits per heavy atom. The minimum Gasteiger partial charge on any atom is -0.507 e. The Balaban J connectivity index is 0.00000392. The first-order valence-corrected chi connectivity index (χ1v) is 16.5. The van der Waals surface area contributed by atoms with Gasteiger partial charge in [-0.15, -0.1) is 34.9 Å². The molecule has 0 bridgehead atoms. The van der Waals surface area contributed by atoms with Crippen molar-refractivity contribution in [2.45, 2.75) is 33.1 Å². The van der Waals surface area contributed by atoms with E-state index >= 15 is 0 Å². The molecule has 0 fully saturated rings. The number of pyridine rings is 2. The predicted octanol–water partition coefficient (Wildman–Crippen LogP) is 10.7. The van der Waals surface area contributed by atoms with Gasteiger partial charge in [0.05, 0.1) is 22.3 Å². The molecule has 3 aromatic heterocycles. The fourth-order valence-corrected chi connectivity index (χ4v) is 6.60. The van der Waals surface area contributed by atoms with Crippen molar-refractivity contribution in [1.82, 2.24) is 19.5 Å². The van der Waals surface area contributed by atoms with Gasteiger partial charge in [-0.1, -0.05) is 93.4 Å². The van der Waals surface area contributed by atoms with Crippen LogP contribution < -0.4 is 0 Å². The summed E-state index contributed by atoms with van der Waals surface area (Å²) in [4.78, 5) is 14.8. The van der Waals surface area contributed by atoms with Gasteiger partial charge < -0.3 is 5.11 Å². The zero-order valence-corrected chi connectivity index (χ0v) is 30.5. The monoisotopic (exact) mass is 830 g/mol. The molecule has 5 aromatic carbocycles. The molecule has 0 amide bonds. The van der Waals surface area contributed by atoms with Crippen molar-refractivity contribution < 1.29 is 26.2 Å². The molecule has 6 heteroatoms. The standard InChI is InChI=1S/C44H35N4O.Pt/c1-28-22-30(25-31(23-28)36-26-32(38-16-8-9-20-45-38)24-29-12-11-21-46-41(29)36)35-15-10-17-39-42(35)47-43(48(39)34-13-6-5-7-14-34)37-27-33(44(2,3)4)18-19-40(37)49;/h5-24,26-27,49H,1-4H3;/q-1;. The summed E-state index contributed by atoms with van der Waals surface area (Å²) in [5.41, 5.74) is 12.3. The van der Waals surface area contributed by atoms with Crippen molar-refractivity contribution in [3.63, 3.8) is 0 Å². The summed E-state index contributed by atoms with van der Waals surface area (Å²) >= 11 is 0. The summed E-state index contributed by atoms with van der Waals surface area (Å²) in [5.74, 6) is 0.877. The van der Waals surface area contributed by atoms with Crippen molar-refractivity contribution in [1.29, 1.82) is 0 Å². The number of phenolic OH excluding ortho intramolecular Hbond substituents is 1. The Bertz CT molecular complexity index is 2500. The normalized spacial score (nSPS) is 11.5. The number of aromatic hydroxyl groups is 1. The average Bonchev–Trinajstić information content (AvgIpc) is 3.51. The maximum absolute atomic E-state index is 11.3. The molecular formula is C44H35N4OPt-. The summed E-state index contributed by atoms with van der Waals surface area (Å²) in [7, 11) is 0. The zero-order valence-electron chi connectivity index (χ0n) is 28.3. The first kappa shape index (κ1) is 33.1. The molecule has 0 saturated carbocycles. The van der Waals surface area contributed by atoms with E-state index in [2.05, 4.69) is 110 Å². The third-order valence-corrected chi connectivity index (χ3v) is 9.06. The Morgan fingerprint density at radius 3 is 2.18 bits per heavy atom. The molecule has 3 heterocycles. The number of nitrogens with zero attached hydrogens (tertiary/aromatic N) is 4. The maximum Gasteiger partial charge on any atom is 0.148 e. The molecular weight excluding hydrogens is 796 g/mol. The number of fused-ring (bicyclic) bond motifs is 2. The number of aryl methyl sites for hydroxylation is 1. The Morgan fingerprint density at radius 2 is 1.42 bits per heavy atom. The van der Waals surface area contributed by atoms with Crippen molar-refractivity contribution in [2.75, 3.05) is 0 Å². The minimum absolute atomic E-state index is 0. The second-order valence-corrected chi connectivity index (χ2v) is 13.6. The maximum atomic E-state index is 11.3. The van der Waals surface area contributed by atoms with E-state index in [0.29, 0.717) is 11.4 Å². The van der Waals surface area contributed by atoms with Crippen LogP contribution in [0.4, 0.5) is 0 Å². The summed E-state index contributed by atoms with van der Waals surface area (Å²) in [6.07, 6.45) is 3.66. The van der Waals surface area contributed by atoms with E-state index in [1.54, 1.807) is 6.07 Å². The zero-order chi connectivity index (χ0) is 33.7. The average molecular weight is 831 g/mol. The molecule has 0 aliphatic carbocycles. The number of phenols is 1. The molecule has 0 radical (unpaired) electrons. The van der Waals surface area contributed by atoms with Gasteiger partial charge in [-0.05, 0) is 76.5 Å². The van der Waals surface area contributed by atoms with Crippen LogP contribution in [0.3, 0.4) is 0 Å². The Hall–Kier alpha value is -5.38. The van der Waals surface area contributed by atoms with Crippen LogP contribution in [0, 0.1) is 13.0 Å². The number of benzene rings is 5. The van der Waals surface area contributed by atoms with Gasteiger partial charge in [-0.25, -0.2) is 4.98 Å². The summed E-state index contributed by atoms with van der Waals surface area (Å²) in [6, 6.07) is 44.8. The smallest absolute Gasteiger partial charge is 0.148 e. The number of aromatic nitrogens is 4. The van der Waals surface area contributed by atoms with Crippen LogP contribution >= 0.6 is 0 Å². The fraction of sp³-hybridized carbons (Fsp3) is 0.114. The number of hydrogen-bond acceptors (Lipinski definition) is 4. The van der Waals surface area contributed by atoms with Gasteiger partial charge in [-0.3, -0.25) is 14.5 Å². The van der Waals surface area contributed by atoms with E-state index in [-0.39, 0.29) is 32.2 Å². The topological polar surface area (TPSA) is 63.8 Å². The molecule has 5 nitrogen and oxygen atoms in total. The van der Waals surface area contributed by atoms with Crippen molar-refractivity contribution in [3.05, 3.63) is 151 Å². The molecule has 0 unspecified atom stereocenters. The van der Waals surface area contributed by atoms with E-state index in [0.717, 1.165) is 72.3 Å². The first-order valence-electron chi connectivity index (χ1n) is 16.5. The molecule has 0 spiro atoms. The Labute approximate surface area is 306 Å². The third-order valence-electron chi connectivity index (χ3n) is 9.06. The van der Waals surface area contributed by atoms with Gasteiger partial charge in [0.2, 0.25) is 0 Å². The van der Waals surface area contributed by atoms with Gasteiger partial charge in [0, 0.05) is 44.7 Å². The molecule has 8 aromatic rings. The van der Waals surface area contributed by atoms with Crippen molar-refractivity contribution >= 4 is 21.9 Å². The Kier molecular flexibility index (Phi) is 8.71. The van der Waals surface area contributed by atoms with Crippen LogP contribution in [0.2, 0.25) is 0 Å². The molecule has 0 aliphatic heterocycles. The molecule has 50 heavy (non-hydrogen) atoms. The number of imidazole rings is 1. The van der Waals surface area contributed by atoms with Crippen LogP contribution in [0.15, 0.2) is 134 Å². The van der Waals surface area contributed by atoms with E-state index in [9.17, 15) is 5.11 Å². The van der Waals surface area contributed by atoms with Crippen LogP contribution in [0.5, 0.6) is 5.75 Å². The number of rotatable bonds is 5. The minimum atomic E-state index is -0.100. The molecule has 0 saturated heterocycles. The summed E-state index contributed by atoms with van der Waals surface area (Å²) < 4.78 is 2.14. The second kappa shape index (κ2) is 13.2. The molecule has 0 aliphatic rings. The quantitative estimate of drug-likeness (QED) is 0.176. The van der Waals surface area contributed by atoms with Gasteiger partial charge >= 0.3 is 0 Å². The fourth-order valence-electron chi connectivity index (χ4n) is 6.60. The first-order chi connectivity index (χ1) is 23.7. The van der Waals surface area contributed by atoms with Crippen LogP contribution in [0.1, 0.15) is 31.9 Å². The van der Waals surface area contributed by atoms with E-state index < -0.39 is 0 Å². The number of para-hydroxylation sites is 2. The molecule has 1 N–H and O–H groups in total. The van der Waals surface area contributed by atoms with Crippen LogP contribution in [-0.4, -0.2) is 24.6 Å². The van der Waals surface area contributed by atoms with Gasteiger partial charge in [0.25, 0.3) is 0 Å². The second-order valence-electron chi connectivity index (χ2n) is 13.6. The number of hydrogen-bond donors (Lipinski definition) is 1. The SMILES string of the molecule is Cc1cc(-c2cc(-c3ccccn3)cc3cccnc23)[c-]c(-c2cccc3c2nc(-c2cc(C(C)(C)C)ccc2O)n3-c2ccccc2)c1.[Pt]. The van der Waals surface area contributed by atoms with Gasteiger partial charge in [0.15, 0.2) is 0 Å². The van der Waals surface area contributed by atoms with Crippen molar-refractivity contribution in [2.24, 2.45) is 0 Å². The van der Waals surface area contributed by atoms with E-state index in [1.807, 2.05) is 60.9 Å². The van der Waals surface area contributed by atoms with E-state index in [1.165, 1.54) is 0 Å². The van der Waals surface area contributed by atoms with Gasteiger partial charge in [-0.2, -0.15) is 0 Å². The van der Waals surface area contributed by atoms with E-state index in [4.69, 9.17) is 9.97 Å². The van der Waals surface area contributed by atoms with Crippen LogP contribution in [0.25, 0.3) is 72.5 Å². The summed E-state index contributed by atoms with van der Waals surface area (Å²) in [6.45, 7) is 8.65. The van der Waals surface area contributed by atoms with Crippen molar-refractivity contribution in [3.8, 4) is 56.3 Å².